The van der Waals surface area contributed by atoms with Gasteiger partial charge < -0.3 is 10.1 Å². The van der Waals surface area contributed by atoms with Gasteiger partial charge in [0, 0.05) is 23.6 Å². The SMILES string of the molecule is CC1=C(C(=O)OCc2ccc([N+](=O)[O-])cc2)N2C(=O)C(CNC=O)[C@H]2S1. The molecule has 1 aromatic carbocycles. The van der Waals surface area contributed by atoms with Crippen LogP contribution in [0.25, 0.3) is 0 Å². The molecule has 26 heavy (non-hydrogen) atoms. The van der Waals surface area contributed by atoms with Gasteiger partial charge in [0.15, 0.2) is 0 Å². The van der Waals surface area contributed by atoms with Gasteiger partial charge in [0.1, 0.15) is 17.7 Å². The van der Waals surface area contributed by atoms with Gasteiger partial charge >= 0.3 is 5.97 Å². The van der Waals surface area contributed by atoms with Gasteiger partial charge in [-0.3, -0.25) is 24.6 Å². The van der Waals surface area contributed by atoms with Crippen molar-refractivity contribution in [3.63, 3.8) is 0 Å². The Morgan fingerprint density at radius 3 is 2.73 bits per heavy atom. The summed E-state index contributed by atoms with van der Waals surface area (Å²) >= 11 is 1.39. The van der Waals surface area contributed by atoms with E-state index < -0.39 is 10.9 Å². The van der Waals surface area contributed by atoms with Gasteiger partial charge in [0.2, 0.25) is 12.3 Å². The third-order valence-corrected chi connectivity index (χ3v) is 5.48. The van der Waals surface area contributed by atoms with Crippen LogP contribution in [0.5, 0.6) is 0 Å². The molecule has 2 heterocycles. The van der Waals surface area contributed by atoms with Crippen LogP contribution in [0, 0.1) is 16.0 Å². The second kappa shape index (κ2) is 7.16. The van der Waals surface area contributed by atoms with Crippen molar-refractivity contribution in [2.75, 3.05) is 6.54 Å². The lowest BCUT2D eigenvalue weighted by molar-refractivity contribution is -0.384. The molecule has 0 aromatic heterocycles. The monoisotopic (exact) mass is 377 g/mol. The number of nitrogens with zero attached hydrogens (tertiary/aromatic N) is 2. The molecule has 1 unspecified atom stereocenters. The van der Waals surface area contributed by atoms with Gasteiger partial charge in [-0.1, -0.05) is 0 Å². The molecule has 1 saturated heterocycles. The summed E-state index contributed by atoms with van der Waals surface area (Å²) in [5.41, 5.74) is 0.775. The van der Waals surface area contributed by atoms with E-state index in [-0.39, 0.29) is 41.7 Å². The number of esters is 1. The number of ether oxygens (including phenoxy) is 1. The average Bonchev–Trinajstić information content (AvgIpc) is 2.93. The van der Waals surface area contributed by atoms with Crippen LogP contribution < -0.4 is 5.32 Å². The normalized spacial score (nSPS) is 21.1. The van der Waals surface area contributed by atoms with E-state index in [0.717, 1.165) is 0 Å². The van der Waals surface area contributed by atoms with E-state index in [1.807, 2.05) is 0 Å². The van der Waals surface area contributed by atoms with Crippen LogP contribution in [0.1, 0.15) is 12.5 Å². The number of nitro benzene ring substituents is 1. The molecule has 2 amide bonds. The fourth-order valence-electron chi connectivity index (χ4n) is 2.84. The number of hydrogen-bond acceptors (Lipinski definition) is 7. The van der Waals surface area contributed by atoms with Crippen LogP contribution in [0.3, 0.4) is 0 Å². The fraction of sp³-hybridized carbons (Fsp3) is 0.312. The maximum Gasteiger partial charge on any atom is 0.356 e. The van der Waals surface area contributed by atoms with E-state index in [1.165, 1.54) is 40.9 Å². The summed E-state index contributed by atoms with van der Waals surface area (Å²) in [5.74, 6) is -1.21. The first-order valence-corrected chi connectivity index (χ1v) is 8.60. The van der Waals surface area contributed by atoms with E-state index in [4.69, 9.17) is 4.74 Å². The molecule has 0 radical (unpaired) electrons. The lowest BCUT2D eigenvalue weighted by atomic mass is 9.97. The second-order valence-electron chi connectivity index (χ2n) is 5.75. The molecular weight excluding hydrogens is 362 g/mol. The van der Waals surface area contributed by atoms with E-state index in [0.29, 0.717) is 16.9 Å². The van der Waals surface area contributed by atoms with Crippen molar-refractivity contribution in [3.05, 3.63) is 50.5 Å². The van der Waals surface area contributed by atoms with Crippen molar-refractivity contribution in [1.29, 1.82) is 0 Å². The van der Waals surface area contributed by atoms with Gasteiger partial charge in [-0.05, 0) is 24.6 Å². The zero-order chi connectivity index (χ0) is 18.8. The number of amides is 2. The van der Waals surface area contributed by atoms with Gasteiger partial charge in [-0.25, -0.2) is 4.79 Å². The van der Waals surface area contributed by atoms with E-state index in [2.05, 4.69) is 5.32 Å². The minimum atomic E-state index is -0.619. The Bertz CT molecular complexity index is 807. The molecular formula is C16H15N3O6S. The van der Waals surface area contributed by atoms with Crippen molar-refractivity contribution in [2.24, 2.45) is 5.92 Å². The largest absolute Gasteiger partial charge is 0.456 e. The number of carbonyl (C=O) groups is 3. The molecule has 3 rings (SSSR count). The minimum Gasteiger partial charge on any atom is -0.456 e. The van der Waals surface area contributed by atoms with Crippen LogP contribution >= 0.6 is 11.8 Å². The molecule has 0 bridgehead atoms. The molecule has 9 nitrogen and oxygen atoms in total. The molecule has 136 valence electrons. The molecule has 2 aliphatic rings. The Hall–Kier alpha value is -2.88. The first-order valence-electron chi connectivity index (χ1n) is 7.72. The molecule has 2 atom stereocenters. The number of rotatable bonds is 7. The van der Waals surface area contributed by atoms with Gasteiger partial charge in [-0.2, -0.15) is 0 Å². The van der Waals surface area contributed by atoms with E-state index in [1.54, 1.807) is 6.92 Å². The Labute approximate surface area is 152 Å². The summed E-state index contributed by atoms with van der Waals surface area (Å²) in [4.78, 5) is 47.2. The highest BCUT2D eigenvalue weighted by Crippen LogP contribution is 2.49. The van der Waals surface area contributed by atoms with Gasteiger partial charge in [-0.15, -0.1) is 11.8 Å². The van der Waals surface area contributed by atoms with E-state index in [9.17, 15) is 24.5 Å². The van der Waals surface area contributed by atoms with Crippen LogP contribution in [0.15, 0.2) is 34.9 Å². The quantitative estimate of drug-likeness (QED) is 0.249. The Morgan fingerprint density at radius 2 is 2.12 bits per heavy atom. The summed E-state index contributed by atoms with van der Waals surface area (Å²) in [6.45, 7) is 1.92. The molecule has 1 aromatic rings. The summed E-state index contributed by atoms with van der Waals surface area (Å²) in [6.07, 6.45) is 0.537. The Morgan fingerprint density at radius 1 is 1.42 bits per heavy atom. The lowest BCUT2D eigenvalue weighted by Crippen LogP contribution is -2.60. The van der Waals surface area contributed by atoms with Crippen molar-refractivity contribution in [2.45, 2.75) is 18.9 Å². The predicted molar refractivity (Wildman–Crippen MR) is 91.4 cm³/mol. The number of allylic oxidation sites excluding steroid dienone is 1. The maximum absolute atomic E-state index is 12.4. The summed E-state index contributed by atoms with van der Waals surface area (Å²) in [7, 11) is 0. The number of nitrogens with one attached hydrogen (secondary N) is 1. The molecule has 1 fully saturated rings. The molecule has 1 N–H and O–H groups in total. The zero-order valence-electron chi connectivity index (χ0n) is 13.7. The van der Waals surface area contributed by atoms with Crippen LogP contribution in [-0.2, 0) is 25.7 Å². The highest BCUT2D eigenvalue weighted by molar-refractivity contribution is 8.04. The highest BCUT2D eigenvalue weighted by Gasteiger charge is 2.55. The maximum atomic E-state index is 12.4. The number of benzene rings is 1. The third kappa shape index (κ3) is 3.15. The van der Waals surface area contributed by atoms with Crippen LogP contribution in [0.2, 0.25) is 0 Å². The number of non-ortho nitro benzene ring substituents is 1. The number of thioether (sulfide) groups is 1. The van der Waals surface area contributed by atoms with Crippen molar-refractivity contribution in [1.82, 2.24) is 10.2 Å². The zero-order valence-corrected chi connectivity index (χ0v) is 14.5. The summed E-state index contributed by atoms with van der Waals surface area (Å²) < 4.78 is 5.25. The fourth-order valence-corrected chi connectivity index (χ4v) is 4.19. The minimum absolute atomic E-state index is 0.0465. The predicted octanol–water partition coefficient (Wildman–Crippen LogP) is 1.15. The summed E-state index contributed by atoms with van der Waals surface area (Å²) in [5, 5.41) is 12.9. The molecule has 0 saturated carbocycles. The molecule has 0 spiro atoms. The Kier molecular flexibility index (Phi) is 4.94. The van der Waals surface area contributed by atoms with Gasteiger partial charge in [0.05, 0.1) is 10.8 Å². The van der Waals surface area contributed by atoms with Crippen molar-refractivity contribution < 1.29 is 24.0 Å². The first kappa shape index (κ1) is 17.9. The average molecular weight is 377 g/mol. The summed E-state index contributed by atoms with van der Waals surface area (Å²) in [6, 6.07) is 5.68. The number of nitro groups is 1. The molecule has 2 aliphatic heterocycles. The van der Waals surface area contributed by atoms with Crippen molar-refractivity contribution >= 4 is 35.7 Å². The molecule has 10 heteroatoms. The Balaban J connectivity index is 1.61. The lowest BCUT2D eigenvalue weighted by Gasteiger charge is -2.42. The number of carbonyl (C=O) groups excluding carboxylic acids is 3. The van der Waals surface area contributed by atoms with Crippen LogP contribution in [-0.4, -0.2) is 40.0 Å². The van der Waals surface area contributed by atoms with Crippen LogP contribution in [0.4, 0.5) is 5.69 Å². The smallest absolute Gasteiger partial charge is 0.356 e. The second-order valence-corrected chi connectivity index (χ2v) is 7.08. The topological polar surface area (TPSA) is 119 Å². The first-order chi connectivity index (χ1) is 12.4. The van der Waals surface area contributed by atoms with E-state index >= 15 is 0 Å². The highest BCUT2D eigenvalue weighted by atomic mass is 32.2. The standard InChI is InChI=1S/C16H15N3O6S/c1-9-13(18-14(21)12(6-17-8-20)15(18)26-9)16(22)25-7-10-2-4-11(5-3-10)19(23)24/h2-5,8,12,15H,6-7H2,1H3,(H,17,20)/t12?,15-/m1/s1. The number of fused-ring (bicyclic) bond motifs is 1. The molecule has 0 aliphatic carbocycles. The number of β-lactam (4-membered cyclic amide) rings is 1. The third-order valence-electron chi connectivity index (χ3n) is 4.16. The number of hydrogen-bond donors (Lipinski definition) is 1. The van der Waals surface area contributed by atoms with Crippen molar-refractivity contribution in [3.8, 4) is 0 Å². The van der Waals surface area contributed by atoms with Gasteiger partial charge in [0.25, 0.3) is 5.69 Å².